The number of halogens is 2. The molecule has 0 bridgehead atoms. The Morgan fingerprint density at radius 3 is 2.24 bits per heavy atom. The number of amides is 2. The van der Waals surface area contributed by atoms with Crippen LogP contribution >= 0.6 is 23.2 Å². The molecule has 3 aromatic carbocycles. The summed E-state index contributed by atoms with van der Waals surface area (Å²) in [4.78, 5) is 28.7. The van der Waals surface area contributed by atoms with E-state index in [1.807, 2.05) is 60.7 Å². The highest BCUT2D eigenvalue weighted by Gasteiger charge is 2.30. The third kappa shape index (κ3) is 7.61. The number of benzene rings is 3. The van der Waals surface area contributed by atoms with E-state index in [1.54, 1.807) is 23.1 Å². The van der Waals surface area contributed by atoms with Gasteiger partial charge in [0.25, 0.3) is 0 Å². The first-order valence-electron chi connectivity index (χ1n) is 11.6. The predicted octanol–water partition coefficient (Wildman–Crippen LogP) is 6.09. The highest BCUT2D eigenvalue weighted by molar-refractivity contribution is 6.31. The van der Waals surface area contributed by atoms with Gasteiger partial charge in [-0.1, -0.05) is 97.2 Å². The Labute approximate surface area is 211 Å². The molecule has 0 fully saturated rings. The first kappa shape index (κ1) is 25.8. The summed E-state index contributed by atoms with van der Waals surface area (Å²) in [5.41, 5.74) is 2.63. The molecule has 178 valence electrons. The van der Waals surface area contributed by atoms with Gasteiger partial charge < -0.3 is 10.2 Å². The number of hydrogen-bond donors (Lipinski definition) is 1. The average molecular weight is 497 g/mol. The summed E-state index contributed by atoms with van der Waals surface area (Å²) in [6.45, 7) is 2.95. The van der Waals surface area contributed by atoms with Crippen LogP contribution in [-0.4, -0.2) is 29.3 Å². The zero-order chi connectivity index (χ0) is 24.3. The predicted molar refractivity (Wildman–Crippen MR) is 139 cm³/mol. The lowest BCUT2D eigenvalue weighted by molar-refractivity contribution is -0.140. The van der Waals surface area contributed by atoms with Crippen LogP contribution in [0.25, 0.3) is 0 Å². The van der Waals surface area contributed by atoms with Crippen molar-refractivity contribution < 1.29 is 9.59 Å². The van der Waals surface area contributed by atoms with Crippen molar-refractivity contribution in [3.8, 4) is 0 Å². The number of nitrogens with one attached hydrogen (secondary N) is 1. The Bertz CT molecular complexity index is 1070. The maximum absolute atomic E-state index is 13.7. The standard InChI is InChI=1S/C28H30Cl2N2O2/c1-2-3-17-31-28(34)26(18-21-9-5-4-6-10-21)32(20-22-13-15-24(29)16-14-22)27(33)19-23-11-7-8-12-25(23)30/h4-16,26H,2-3,17-20H2,1H3,(H,31,34). The van der Waals surface area contributed by atoms with Crippen LogP contribution in [-0.2, 0) is 29.0 Å². The van der Waals surface area contributed by atoms with Crippen molar-refractivity contribution in [3.63, 3.8) is 0 Å². The summed E-state index contributed by atoms with van der Waals surface area (Å²) >= 11 is 12.4. The molecule has 0 aromatic heterocycles. The summed E-state index contributed by atoms with van der Waals surface area (Å²) in [7, 11) is 0. The molecule has 3 aromatic rings. The number of carbonyl (C=O) groups is 2. The van der Waals surface area contributed by atoms with E-state index in [0.717, 1.165) is 29.5 Å². The summed E-state index contributed by atoms with van der Waals surface area (Å²) in [5.74, 6) is -0.312. The van der Waals surface area contributed by atoms with Gasteiger partial charge >= 0.3 is 0 Å². The van der Waals surface area contributed by atoms with Crippen LogP contribution in [0.2, 0.25) is 10.0 Å². The van der Waals surface area contributed by atoms with Crippen molar-refractivity contribution in [2.45, 2.75) is 45.2 Å². The number of rotatable bonds is 11. The van der Waals surface area contributed by atoms with Crippen LogP contribution < -0.4 is 5.32 Å². The Balaban J connectivity index is 1.94. The topological polar surface area (TPSA) is 49.4 Å². The molecule has 1 atom stereocenters. The Kier molecular flexibility index (Phi) is 9.99. The normalized spacial score (nSPS) is 11.6. The molecule has 3 rings (SSSR count). The summed E-state index contributed by atoms with van der Waals surface area (Å²) in [6, 6.07) is 23.8. The summed E-state index contributed by atoms with van der Waals surface area (Å²) < 4.78 is 0. The van der Waals surface area contributed by atoms with Gasteiger partial charge in [0, 0.05) is 29.6 Å². The van der Waals surface area contributed by atoms with Crippen molar-refractivity contribution in [2.75, 3.05) is 6.54 Å². The lowest BCUT2D eigenvalue weighted by atomic mass is 10.0. The van der Waals surface area contributed by atoms with Crippen LogP contribution in [0.15, 0.2) is 78.9 Å². The fraction of sp³-hybridized carbons (Fsp3) is 0.286. The van der Waals surface area contributed by atoms with E-state index in [-0.39, 0.29) is 18.2 Å². The number of carbonyl (C=O) groups excluding carboxylic acids is 2. The van der Waals surface area contributed by atoms with E-state index in [2.05, 4.69) is 12.2 Å². The van der Waals surface area contributed by atoms with Gasteiger partial charge in [-0.2, -0.15) is 0 Å². The van der Waals surface area contributed by atoms with Gasteiger partial charge in [0.15, 0.2) is 0 Å². The van der Waals surface area contributed by atoms with Crippen molar-refractivity contribution >= 4 is 35.0 Å². The molecule has 4 nitrogen and oxygen atoms in total. The van der Waals surface area contributed by atoms with Crippen LogP contribution in [0.5, 0.6) is 0 Å². The monoisotopic (exact) mass is 496 g/mol. The molecule has 34 heavy (non-hydrogen) atoms. The maximum Gasteiger partial charge on any atom is 0.243 e. The minimum Gasteiger partial charge on any atom is -0.354 e. The number of nitrogens with zero attached hydrogens (tertiary/aromatic N) is 1. The second-order valence-corrected chi connectivity index (χ2v) is 9.11. The SMILES string of the molecule is CCCCNC(=O)C(Cc1ccccc1)N(Cc1ccc(Cl)cc1)C(=O)Cc1ccccc1Cl. The summed E-state index contributed by atoms with van der Waals surface area (Å²) in [5, 5.41) is 4.19. The molecule has 0 aliphatic rings. The van der Waals surface area contributed by atoms with Gasteiger partial charge in [-0.3, -0.25) is 9.59 Å². The molecule has 0 saturated heterocycles. The molecular weight excluding hydrogens is 467 g/mol. The maximum atomic E-state index is 13.7. The zero-order valence-electron chi connectivity index (χ0n) is 19.3. The van der Waals surface area contributed by atoms with Gasteiger partial charge in [-0.25, -0.2) is 0 Å². The highest BCUT2D eigenvalue weighted by atomic mass is 35.5. The van der Waals surface area contributed by atoms with Crippen LogP contribution in [0.4, 0.5) is 0 Å². The Morgan fingerprint density at radius 1 is 0.882 bits per heavy atom. The van der Waals surface area contributed by atoms with Crippen LogP contribution in [0.3, 0.4) is 0 Å². The molecule has 0 radical (unpaired) electrons. The second-order valence-electron chi connectivity index (χ2n) is 8.27. The molecule has 0 saturated carbocycles. The number of hydrogen-bond acceptors (Lipinski definition) is 2. The minimum atomic E-state index is -0.662. The van der Waals surface area contributed by atoms with Crippen molar-refractivity contribution in [1.82, 2.24) is 10.2 Å². The Morgan fingerprint density at radius 2 is 1.56 bits per heavy atom. The van der Waals surface area contributed by atoms with E-state index in [1.165, 1.54) is 0 Å². The highest BCUT2D eigenvalue weighted by Crippen LogP contribution is 2.21. The van der Waals surface area contributed by atoms with Gasteiger partial charge in [0.1, 0.15) is 6.04 Å². The van der Waals surface area contributed by atoms with Crippen molar-refractivity contribution in [3.05, 3.63) is 106 Å². The smallest absolute Gasteiger partial charge is 0.243 e. The van der Waals surface area contributed by atoms with Gasteiger partial charge in [-0.05, 0) is 41.3 Å². The van der Waals surface area contributed by atoms with Crippen molar-refractivity contribution in [2.24, 2.45) is 0 Å². The lowest BCUT2D eigenvalue weighted by Gasteiger charge is -2.32. The van der Waals surface area contributed by atoms with Crippen LogP contribution in [0, 0.1) is 0 Å². The van der Waals surface area contributed by atoms with Crippen molar-refractivity contribution in [1.29, 1.82) is 0 Å². The molecule has 1 N–H and O–H groups in total. The van der Waals surface area contributed by atoms with Crippen LogP contribution in [0.1, 0.15) is 36.5 Å². The molecule has 0 aliphatic carbocycles. The van der Waals surface area contributed by atoms with Gasteiger partial charge in [-0.15, -0.1) is 0 Å². The average Bonchev–Trinajstić information content (AvgIpc) is 2.84. The third-order valence-corrected chi connectivity index (χ3v) is 6.29. The molecule has 0 heterocycles. The molecule has 6 heteroatoms. The second kappa shape index (κ2) is 13.2. The van der Waals surface area contributed by atoms with E-state index < -0.39 is 6.04 Å². The molecule has 0 aliphatic heterocycles. The molecule has 1 unspecified atom stereocenters. The fourth-order valence-electron chi connectivity index (χ4n) is 3.75. The first-order valence-corrected chi connectivity index (χ1v) is 12.3. The van der Waals surface area contributed by atoms with Gasteiger partial charge in [0.05, 0.1) is 6.42 Å². The Hall–Kier alpha value is -2.82. The van der Waals surface area contributed by atoms with E-state index >= 15 is 0 Å². The quantitative estimate of drug-likeness (QED) is 0.326. The third-order valence-electron chi connectivity index (χ3n) is 5.67. The first-order chi connectivity index (χ1) is 16.5. The molecule has 2 amide bonds. The molecule has 0 spiro atoms. The summed E-state index contributed by atoms with van der Waals surface area (Å²) in [6.07, 6.45) is 2.39. The lowest BCUT2D eigenvalue weighted by Crippen LogP contribution is -2.51. The van der Waals surface area contributed by atoms with E-state index in [4.69, 9.17) is 23.2 Å². The minimum absolute atomic E-state index is 0.112. The van der Waals surface area contributed by atoms with Gasteiger partial charge in [0.2, 0.25) is 11.8 Å². The molecular formula is C28H30Cl2N2O2. The fourth-order valence-corrected chi connectivity index (χ4v) is 4.08. The largest absolute Gasteiger partial charge is 0.354 e. The van der Waals surface area contributed by atoms with E-state index in [9.17, 15) is 9.59 Å². The zero-order valence-corrected chi connectivity index (χ0v) is 20.9. The van der Waals surface area contributed by atoms with E-state index in [0.29, 0.717) is 29.6 Å². The number of unbranched alkanes of at least 4 members (excludes halogenated alkanes) is 1.